The normalized spacial score (nSPS) is 17.8. The van der Waals surface area contributed by atoms with Gasteiger partial charge in [-0.1, -0.05) is 0 Å². The molecule has 0 radical (unpaired) electrons. The van der Waals surface area contributed by atoms with Crippen LogP contribution in [-0.2, 0) is 18.4 Å². The van der Waals surface area contributed by atoms with E-state index in [4.69, 9.17) is 5.11 Å². The molecule has 1 aromatic heterocycles. The fraction of sp³-hybridized carbons (Fsp3) is 0.667. The Bertz CT molecular complexity index is 467. The van der Waals surface area contributed by atoms with Crippen LogP contribution in [0.15, 0.2) is 4.47 Å². The molecule has 0 amide bonds. The quantitative estimate of drug-likeness (QED) is 0.880. The Labute approximate surface area is 121 Å². The molecule has 0 aromatic carbocycles. The van der Waals surface area contributed by atoms with Crippen LogP contribution in [0.1, 0.15) is 11.4 Å². The molecule has 1 fully saturated rings. The summed E-state index contributed by atoms with van der Waals surface area (Å²) in [6.45, 7) is 6.37. The molecule has 2 rings (SSSR count). The van der Waals surface area contributed by atoms with E-state index in [0.29, 0.717) is 0 Å². The van der Waals surface area contributed by atoms with Crippen LogP contribution in [0, 0.1) is 6.92 Å². The third-order valence-electron chi connectivity index (χ3n) is 3.46. The highest BCUT2D eigenvalue weighted by molar-refractivity contribution is 9.10. The SMILES string of the molecule is Cc1nn(C)c(CN2CCN(CC(=O)O)CC2)c1Br. The second-order valence-electron chi connectivity index (χ2n) is 4.92. The highest BCUT2D eigenvalue weighted by atomic mass is 79.9. The monoisotopic (exact) mass is 330 g/mol. The van der Waals surface area contributed by atoms with Gasteiger partial charge in [-0.15, -0.1) is 0 Å². The fourth-order valence-electron chi connectivity index (χ4n) is 2.36. The molecule has 0 spiro atoms. The lowest BCUT2D eigenvalue weighted by atomic mass is 10.2. The van der Waals surface area contributed by atoms with E-state index in [9.17, 15) is 4.79 Å². The number of halogens is 1. The maximum Gasteiger partial charge on any atom is 0.317 e. The summed E-state index contributed by atoms with van der Waals surface area (Å²) in [7, 11) is 1.95. The number of carboxylic acid groups (broad SMARTS) is 1. The Morgan fingerprint density at radius 1 is 1.32 bits per heavy atom. The van der Waals surface area contributed by atoms with E-state index in [0.717, 1.165) is 42.9 Å². The molecule has 1 aliphatic heterocycles. The van der Waals surface area contributed by atoms with Gasteiger partial charge in [-0.3, -0.25) is 19.3 Å². The minimum Gasteiger partial charge on any atom is -0.480 e. The van der Waals surface area contributed by atoms with Gasteiger partial charge in [-0.25, -0.2) is 0 Å². The average Bonchev–Trinajstić information content (AvgIpc) is 2.58. The van der Waals surface area contributed by atoms with E-state index in [-0.39, 0.29) is 6.54 Å². The second-order valence-corrected chi connectivity index (χ2v) is 5.71. The number of hydrogen-bond donors (Lipinski definition) is 1. The molecule has 7 heteroatoms. The molecule has 1 N–H and O–H groups in total. The zero-order valence-corrected chi connectivity index (χ0v) is 12.9. The standard InChI is InChI=1S/C12H19BrN4O2/c1-9-12(13)10(15(2)14-9)7-16-3-5-17(6-4-16)8-11(18)19/h3-8H2,1-2H3,(H,18,19). The van der Waals surface area contributed by atoms with Crippen molar-refractivity contribution in [3.8, 4) is 0 Å². The molecule has 0 unspecified atom stereocenters. The van der Waals surface area contributed by atoms with Crippen LogP contribution in [0.3, 0.4) is 0 Å². The minimum atomic E-state index is -0.751. The number of aliphatic carboxylic acids is 1. The Hall–Kier alpha value is -0.920. The van der Waals surface area contributed by atoms with Crippen molar-refractivity contribution in [1.29, 1.82) is 0 Å². The molecule has 106 valence electrons. The number of carbonyl (C=O) groups is 1. The predicted molar refractivity (Wildman–Crippen MR) is 75.0 cm³/mol. The van der Waals surface area contributed by atoms with E-state index in [2.05, 4.69) is 25.9 Å². The van der Waals surface area contributed by atoms with Crippen LogP contribution in [0.5, 0.6) is 0 Å². The number of piperazine rings is 1. The van der Waals surface area contributed by atoms with Gasteiger partial charge in [0.25, 0.3) is 0 Å². The van der Waals surface area contributed by atoms with Crippen molar-refractivity contribution in [3.05, 3.63) is 15.9 Å². The molecule has 2 heterocycles. The summed E-state index contributed by atoms with van der Waals surface area (Å²) in [5.41, 5.74) is 2.17. The van der Waals surface area contributed by atoms with Crippen LogP contribution in [-0.4, -0.2) is 63.4 Å². The third kappa shape index (κ3) is 3.55. The Kier molecular flexibility index (Phi) is 4.59. The molecular weight excluding hydrogens is 312 g/mol. The number of nitrogens with zero attached hydrogens (tertiary/aromatic N) is 4. The van der Waals surface area contributed by atoms with Crippen molar-refractivity contribution in [2.75, 3.05) is 32.7 Å². The van der Waals surface area contributed by atoms with Crippen molar-refractivity contribution in [2.24, 2.45) is 7.05 Å². The zero-order chi connectivity index (χ0) is 14.0. The van der Waals surface area contributed by atoms with Gasteiger partial charge >= 0.3 is 5.97 Å². The van der Waals surface area contributed by atoms with Crippen molar-refractivity contribution < 1.29 is 9.90 Å². The van der Waals surface area contributed by atoms with Gasteiger partial charge in [-0.2, -0.15) is 5.10 Å². The number of aromatic nitrogens is 2. The largest absolute Gasteiger partial charge is 0.480 e. The van der Waals surface area contributed by atoms with E-state index in [1.54, 1.807) is 0 Å². The van der Waals surface area contributed by atoms with Gasteiger partial charge < -0.3 is 5.11 Å². The van der Waals surface area contributed by atoms with Crippen molar-refractivity contribution in [3.63, 3.8) is 0 Å². The summed E-state index contributed by atoms with van der Waals surface area (Å²) in [4.78, 5) is 15.0. The number of rotatable bonds is 4. The van der Waals surface area contributed by atoms with Crippen LogP contribution in [0.4, 0.5) is 0 Å². The zero-order valence-electron chi connectivity index (χ0n) is 11.3. The van der Waals surface area contributed by atoms with Crippen molar-refractivity contribution in [1.82, 2.24) is 19.6 Å². The summed E-state index contributed by atoms with van der Waals surface area (Å²) >= 11 is 3.57. The first-order valence-electron chi connectivity index (χ1n) is 6.32. The van der Waals surface area contributed by atoms with Crippen LogP contribution in [0.2, 0.25) is 0 Å². The van der Waals surface area contributed by atoms with Crippen LogP contribution >= 0.6 is 15.9 Å². The lowest BCUT2D eigenvalue weighted by molar-refractivity contribution is -0.138. The van der Waals surface area contributed by atoms with Crippen LogP contribution < -0.4 is 0 Å². The maximum atomic E-state index is 10.7. The highest BCUT2D eigenvalue weighted by Crippen LogP contribution is 2.22. The molecule has 0 saturated carbocycles. The summed E-state index contributed by atoms with van der Waals surface area (Å²) < 4.78 is 2.98. The Morgan fingerprint density at radius 3 is 2.37 bits per heavy atom. The van der Waals surface area contributed by atoms with Gasteiger partial charge in [0, 0.05) is 39.8 Å². The van der Waals surface area contributed by atoms with Crippen molar-refractivity contribution >= 4 is 21.9 Å². The lowest BCUT2D eigenvalue weighted by Crippen LogP contribution is -2.47. The Morgan fingerprint density at radius 2 is 1.89 bits per heavy atom. The van der Waals surface area contributed by atoms with E-state index in [1.165, 1.54) is 5.69 Å². The fourth-order valence-corrected chi connectivity index (χ4v) is 2.82. The van der Waals surface area contributed by atoms with Gasteiger partial charge in [0.15, 0.2) is 0 Å². The molecule has 1 saturated heterocycles. The Balaban J connectivity index is 1.90. The summed E-state index contributed by atoms with van der Waals surface area (Å²) in [6.07, 6.45) is 0. The number of aryl methyl sites for hydroxylation is 2. The molecule has 6 nitrogen and oxygen atoms in total. The molecule has 0 bridgehead atoms. The number of carboxylic acids is 1. The van der Waals surface area contributed by atoms with E-state index >= 15 is 0 Å². The maximum absolute atomic E-state index is 10.7. The first-order valence-corrected chi connectivity index (χ1v) is 7.11. The lowest BCUT2D eigenvalue weighted by Gasteiger charge is -2.33. The third-order valence-corrected chi connectivity index (χ3v) is 4.49. The van der Waals surface area contributed by atoms with Crippen molar-refractivity contribution in [2.45, 2.75) is 13.5 Å². The molecule has 0 aliphatic carbocycles. The summed E-state index contributed by atoms with van der Waals surface area (Å²) in [5.74, 6) is -0.751. The van der Waals surface area contributed by atoms with Gasteiger partial charge in [0.1, 0.15) is 0 Å². The first kappa shape index (κ1) is 14.5. The topological polar surface area (TPSA) is 61.6 Å². The van der Waals surface area contributed by atoms with Gasteiger partial charge in [0.05, 0.1) is 22.4 Å². The van der Waals surface area contributed by atoms with E-state index in [1.807, 2.05) is 23.6 Å². The molecule has 1 aromatic rings. The minimum absolute atomic E-state index is 0.141. The van der Waals surface area contributed by atoms with Gasteiger partial charge in [-0.05, 0) is 22.9 Å². The van der Waals surface area contributed by atoms with Gasteiger partial charge in [0.2, 0.25) is 0 Å². The molecule has 1 aliphatic rings. The second kappa shape index (κ2) is 6.02. The molecule has 0 atom stereocenters. The molecule has 19 heavy (non-hydrogen) atoms. The smallest absolute Gasteiger partial charge is 0.317 e. The summed E-state index contributed by atoms with van der Waals surface area (Å²) in [6, 6.07) is 0. The van der Waals surface area contributed by atoms with E-state index < -0.39 is 5.97 Å². The summed E-state index contributed by atoms with van der Waals surface area (Å²) in [5, 5.41) is 13.2. The molecular formula is C12H19BrN4O2. The number of hydrogen-bond acceptors (Lipinski definition) is 4. The predicted octanol–water partition coefficient (Wildman–Crippen LogP) is 0.693. The first-order chi connectivity index (χ1) is 8.97. The average molecular weight is 331 g/mol. The van der Waals surface area contributed by atoms with Crippen LogP contribution in [0.25, 0.3) is 0 Å². The highest BCUT2D eigenvalue weighted by Gasteiger charge is 2.21.